The van der Waals surface area contributed by atoms with Crippen LogP contribution < -0.4 is 20.7 Å². The predicted octanol–water partition coefficient (Wildman–Crippen LogP) is 4.89. The Labute approximate surface area is 308 Å². The fourth-order valence-electron chi connectivity index (χ4n) is 5.13. The van der Waals surface area contributed by atoms with Crippen LogP contribution in [0.25, 0.3) is 0 Å². The number of ether oxygens (including phenoxy) is 3. The summed E-state index contributed by atoms with van der Waals surface area (Å²) in [6.45, 7) is 5.72. The summed E-state index contributed by atoms with van der Waals surface area (Å²) in [5, 5.41) is 8.26. The summed E-state index contributed by atoms with van der Waals surface area (Å²) in [7, 11) is 0. The van der Waals surface area contributed by atoms with Crippen molar-refractivity contribution in [3.8, 4) is 5.75 Å². The van der Waals surface area contributed by atoms with Gasteiger partial charge in [-0.25, -0.2) is 14.4 Å². The number of alkyl carbamates (subject to hydrolysis) is 2. The van der Waals surface area contributed by atoms with Gasteiger partial charge in [0.15, 0.2) is 0 Å². The summed E-state index contributed by atoms with van der Waals surface area (Å²) in [4.78, 5) is 81.6. The largest absolute Gasteiger partial charge is 0.489 e. The van der Waals surface area contributed by atoms with Crippen molar-refractivity contribution in [1.29, 1.82) is 0 Å². The van der Waals surface area contributed by atoms with E-state index in [0.717, 1.165) is 11.1 Å². The van der Waals surface area contributed by atoms with E-state index >= 15 is 0 Å². The van der Waals surface area contributed by atoms with Crippen LogP contribution in [-0.2, 0) is 53.1 Å². The fraction of sp³-hybridized carbons (Fsp3) is 0.385. The summed E-state index contributed by atoms with van der Waals surface area (Å²) in [5.41, 5.74) is 1.65. The van der Waals surface area contributed by atoms with Gasteiger partial charge in [-0.05, 0) is 68.9 Å². The number of amides is 5. The summed E-state index contributed by atoms with van der Waals surface area (Å²) >= 11 is 0. The summed E-state index contributed by atoms with van der Waals surface area (Å²) in [6.07, 6.45) is -0.928. The Bertz CT molecular complexity index is 1680. The maximum atomic E-state index is 13.8. The number of nitrogens with zero attached hydrogens (tertiary/aromatic N) is 1. The van der Waals surface area contributed by atoms with Crippen LogP contribution in [0.1, 0.15) is 69.6 Å². The van der Waals surface area contributed by atoms with E-state index in [2.05, 4.69) is 16.0 Å². The van der Waals surface area contributed by atoms with Crippen molar-refractivity contribution >= 4 is 35.9 Å². The number of benzene rings is 3. The molecule has 0 spiro atoms. The molecular weight excluding hydrogens is 684 g/mol. The number of hydrogen-bond donors (Lipinski definition) is 3. The number of hydroxylamine groups is 2. The lowest BCUT2D eigenvalue weighted by atomic mass is 10.0. The highest BCUT2D eigenvalue weighted by Gasteiger charge is 2.36. The van der Waals surface area contributed by atoms with Crippen molar-refractivity contribution in [3.63, 3.8) is 0 Å². The Morgan fingerprint density at radius 3 is 1.92 bits per heavy atom. The third-order valence-corrected chi connectivity index (χ3v) is 7.81. The number of imide groups is 1. The van der Waals surface area contributed by atoms with Crippen LogP contribution in [-0.4, -0.2) is 65.2 Å². The zero-order chi connectivity index (χ0) is 38.2. The summed E-state index contributed by atoms with van der Waals surface area (Å²) < 4.78 is 16.5. The average molecular weight is 731 g/mol. The lowest BCUT2D eigenvalue weighted by Crippen LogP contribution is -2.54. The molecule has 1 saturated heterocycles. The minimum Gasteiger partial charge on any atom is -0.489 e. The molecule has 14 heteroatoms. The number of rotatable bonds is 17. The minimum atomic E-state index is -1.31. The molecule has 1 fully saturated rings. The van der Waals surface area contributed by atoms with E-state index in [4.69, 9.17) is 19.0 Å². The quantitative estimate of drug-likeness (QED) is 0.128. The highest BCUT2D eigenvalue weighted by atomic mass is 16.7. The molecule has 0 radical (unpaired) electrons. The van der Waals surface area contributed by atoms with Gasteiger partial charge < -0.3 is 35.0 Å². The summed E-state index contributed by atoms with van der Waals surface area (Å²) in [6, 6.07) is 23.3. The van der Waals surface area contributed by atoms with E-state index in [1.54, 1.807) is 45.0 Å². The van der Waals surface area contributed by atoms with Crippen LogP contribution in [0.15, 0.2) is 84.9 Å². The van der Waals surface area contributed by atoms with Gasteiger partial charge in [-0.2, -0.15) is 0 Å². The maximum Gasteiger partial charge on any atom is 0.408 e. The number of carbonyl (C=O) groups is 6. The second kappa shape index (κ2) is 19.6. The number of nitrogens with one attached hydrogen (secondary N) is 3. The Morgan fingerprint density at radius 1 is 0.717 bits per heavy atom. The summed E-state index contributed by atoms with van der Waals surface area (Å²) in [5.74, 6) is -2.51. The Kier molecular flexibility index (Phi) is 14.8. The first kappa shape index (κ1) is 39.9. The molecule has 3 aromatic rings. The van der Waals surface area contributed by atoms with Crippen molar-refractivity contribution in [1.82, 2.24) is 21.0 Å². The standard InChI is InChI=1S/C39H46N4O10/c1-39(2,3)52-38(49)42-32(24-27-17-19-30(20-18-27)50-25-28-12-6-4-7-13-28)35(46)41-31(36(47)53-43-33(44)21-22-34(43)45)16-10-11-23-40-37(48)51-26-29-14-8-5-9-15-29/h4-9,12-15,17-20,31-32H,10-11,16,21-26H2,1-3H3,(H,40,48)(H,41,46)(H,42,49)/t31-,32-/m0/s1. The van der Waals surface area contributed by atoms with Crippen LogP contribution in [0.2, 0.25) is 0 Å². The third-order valence-electron chi connectivity index (χ3n) is 7.81. The molecule has 0 aliphatic carbocycles. The van der Waals surface area contributed by atoms with Crippen LogP contribution >= 0.6 is 0 Å². The molecule has 282 valence electrons. The topological polar surface area (TPSA) is 179 Å². The molecule has 1 aliphatic heterocycles. The second-order valence-corrected chi connectivity index (χ2v) is 13.4. The molecule has 2 atom stereocenters. The van der Waals surface area contributed by atoms with Crippen LogP contribution in [0.4, 0.5) is 9.59 Å². The SMILES string of the molecule is CC(C)(C)OC(=O)N[C@@H](Cc1ccc(OCc2ccccc2)cc1)C(=O)N[C@@H](CCCCNC(=O)OCc1ccccc1)C(=O)ON1C(=O)CCC1=O. The number of hydrogen-bond acceptors (Lipinski definition) is 10. The maximum absolute atomic E-state index is 13.8. The normalized spacial score (nSPS) is 13.8. The van der Waals surface area contributed by atoms with E-state index in [1.807, 2.05) is 60.7 Å². The molecule has 0 saturated carbocycles. The van der Waals surface area contributed by atoms with E-state index in [0.29, 0.717) is 35.8 Å². The molecule has 14 nitrogen and oxygen atoms in total. The van der Waals surface area contributed by atoms with Gasteiger partial charge in [0.05, 0.1) is 0 Å². The first-order valence-electron chi connectivity index (χ1n) is 17.4. The molecule has 1 aliphatic rings. The molecule has 3 aromatic carbocycles. The molecule has 0 bridgehead atoms. The molecule has 3 N–H and O–H groups in total. The van der Waals surface area contributed by atoms with Gasteiger partial charge >= 0.3 is 18.2 Å². The lowest BCUT2D eigenvalue weighted by molar-refractivity contribution is -0.199. The van der Waals surface area contributed by atoms with Gasteiger partial charge in [-0.1, -0.05) is 72.8 Å². The van der Waals surface area contributed by atoms with Gasteiger partial charge in [0.1, 0.15) is 36.6 Å². The highest BCUT2D eigenvalue weighted by Crippen LogP contribution is 2.18. The van der Waals surface area contributed by atoms with Gasteiger partial charge in [0.2, 0.25) is 5.91 Å². The van der Waals surface area contributed by atoms with E-state index in [-0.39, 0.29) is 38.8 Å². The van der Waals surface area contributed by atoms with Crippen molar-refractivity contribution in [2.24, 2.45) is 0 Å². The Hall–Kier alpha value is -5.92. The molecule has 0 aromatic heterocycles. The van der Waals surface area contributed by atoms with Crippen molar-refractivity contribution in [2.45, 2.75) is 90.2 Å². The van der Waals surface area contributed by atoms with E-state index < -0.39 is 53.6 Å². The third kappa shape index (κ3) is 14.0. The average Bonchev–Trinajstić information content (AvgIpc) is 3.44. The molecule has 53 heavy (non-hydrogen) atoms. The zero-order valence-corrected chi connectivity index (χ0v) is 30.1. The number of unbranched alkanes of at least 4 members (excludes halogenated alkanes) is 1. The second-order valence-electron chi connectivity index (χ2n) is 13.4. The van der Waals surface area contributed by atoms with Crippen LogP contribution in [0, 0.1) is 0 Å². The van der Waals surface area contributed by atoms with Crippen molar-refractivity contribution < 1.29 is 47.8 Å². The van der Waals surface area contributed by atoms with Gasteiger partial charge in [-0.3, -0.25) is 14.4 Å². The van der Waals surface area contributed by atoms with Gasteiger partial charge in [0.25, 0.3) is 11.8 Å². The van der Waals surface area contributed by atoms with Crippen molar-refractivity contribution in [3.05, 3.63) is 102 Å². The first-order valence-corrected chi connectivity index (χ1v) is 17.4. The van der Waals surface area contributed by atoms with Gasteiger partial charge in [-0.15, -0.1) is 5.06 Å². The smallest absolute Gasteiger partial charge is 0.408 e. The van der Waals surface area contributed by atoms with Crippen LogP contribution in [0.3, 0.4) is 0 Å². The van der Waals surface area contributed by atoms with E-state index in [9.17, 15) is 28.8 Å². The minimum absolute atomic E-state index is 0.0178. The Morgan fingerprint density at radius 2 is 1.32 bits per heavy atom. The number of carbonyl (C=O) groups excluding carboxylic acids is 6. The fourth-order valence-corrected chi connectivity index (χ4v) is 5.13. The first-order chi connectivity index (χ1) is 25.4. The van der Waals surface area contributed by atoms with Crippen LogP contribution in [0.5, 0.6) is 5.75 Å². The molecule has 1 heterocycles. The van der Waals surface area contributed by atoms with Gasteiger partial charge in [0, 0.05) is 25.8 Å². The van der Waals surface area contributed by atoms with E-state index in [1.165, 1.54) is 0 Å². The zero-order valence-electron chi connectivity index (χ0n) is 30.1. The molecule has 4 rings (SSSR count). The highest BCUT2D eigenvalue weighted by molar-refractivity contribution is 6.02. The molecular formula is C39H46N4O10. The Balaban J connectivity index is 1.40. The molecule has 0 unspecified atom stereocenters. The molecule has 5 amide bonds. The van der Waals surface area contributed by atoms with Crippen molar-refractivity contribution in [2.75, 3.05) is 6.54 Å². The lowest BCUT2D eigenvalue weighted by Gasteiger charge is -2.25. The monoisotopic (exact) mass is 730 g/mol. The predicted molar refractivity (Wildman–Crippen MR) is 192 cm³/mol.